The Morgan fingerprint density at radius 2 is 1.91 bits per heavy atom. The molecular formula is C27H27BrClN3O3. The molecule has 2 aromatic heterocycles. The van der Waals surface area contributed by atoms with Gasteiger partial charge in [0.1, 0.15) is 18.1 Å². The lowest BCUT2D eigenvalue weighted by atomic mass is 10.0. The van der Waals surface area contributed by atoms with E-state index in [0.29, 0.717) is 27.6 Å². The molecule has 35 heavy (non-hydrogen) atoms. The summed E-state index contributed by atoms with van der Waals surface area (Å²) in [5.74, 6) is 1.77. The number of benzene rings is 2. The summed E-state index contributed by atoms with van der Waals surface area (Å²) in [6.45, 7) is 8.96. The SMILES string of the molecule is Cc1ccc(Cn2cc(Br)c(NC(=O)c3ccc(COc4cc(C)c(Cl)cc4C(C)C)o3)n2)cc1. The van der Waals surface area contributed by atoms with Crippen LogP contribution in [0.3, 0.4) is 0 Å². The molecule has 0 atom stereocenters. The van der Waals surface area contributed by atoms with Gasteiger partial charge in [0.05, 0.1) is 11.0 Å². The number of rotatable bonds is 8. The molecule has 0 bridgehead atoms. The number of carbonyl (C=O) groups excluding carboxylic acids is 1. The van der Waals surface area contributed by atoms with Crippen molar-refractivity contribution in [2.45, 2.75) is 46.8 Å². The van der Waals surface area contributed by atoms with Crippen molar-refractivity contribution in [2.24, 2.45) is 0 Å². The van der Waals surface area contributed by atoms with Gasteiger partial charge in [0, 0.05) is 11.2 Å². The lowest BCUT2D eigenvalue weighted by molar-refractivity contribution is 0.0992. The Labute approximate surface area is 218 Å². The molecule has 4 aromatic rings. The van der Waals surface area contributed by atoms with Crippen LogP contribution in [0, 0.1) is 13.8 Å². The molecule has 0 aliphatic carbocycles. The van der Waals surface area contributed by atoms with E-state index in [4.69, 9.17) is 20.8 Å². The molecule has 0 spiro atoms. The van der Waals surface area contributed by atoms with Crippen LogP contribution in [-0.2, 0) is 13.2 Å². The molecule has 0 unspecified atom stereocenters. The molecule has 0 aliphatic rings. The van der Waals surface area contributed by atoms with Gasteiger partial charge in [-0.2, -0.15) is 5.10 Å². The van der Waals surface area contributed by atoms with Gasteiger partial charge in [-0.05, 0) is 76.7 Å². The first-order chi connectivity index (χ1) is 16.7. The summed E-state index contributed by atoms with van der Waals surface area (Å²) < 4.78 is 14.2. The molecule has 182 valence electrons. The van der Waals surface area contributed by atoms with E-state index >= 15 is 0 Å². The van der Waals surface area contributed by atoms with Crippen LogP contribution in [0.4, 0.5) is 5.82 Å². The second-order valence-electron chi connectivity index (χ2n) is 8.81. The Balaban J connectivity index is 1.40. The molecule has 0 aliphatic heterocycles. The maximum absolute atomic E-state index is 12.8. The van der Waals surface area contributed by atoms with Gasteiger partial charge in [-0.15, -0.1) is 0 Å². The van der Waals surface area contributed by atoms with Crippen LogP contribution in [0.5, 0.6) is 5.75 Å². The predicted molar refractivity (Wildman–Crippen MR) is 141 cm³/mol. The zero-order chi connectivity index (χ0) is 25.1. The van der Waals surface area contributed by atoms with Crippen molar-refractivity contribution in [1.29, 1.82) is 0 Å². The number of aryl methyl sites for hydroxylation is 2. The van der Waals surface area contributed by atoms with Gasteiger partial charge < -0.3 is 14.5 Å². The predicted octanol–water partition coefficient (Wildman–Crippen LogP) is 7.51. The largest absolute Gasteiger partial charge is 0.485 e. The van der Waals surface area contributed by atoms with Crippen molar-refractivity contribution in [1.82, 2.24) is 9.78 Å². The van der Waals surface area contributed by atoms with E-state index in [1.165, 1.54) is 5.56 Å². The fourth-order valence-corrected chi connectivity index (χ4v) is 4.17. The zero-order valence-corrected chi connectivity index (χ0v) is 22.4. The van der Waals surface area contributed by atoms with E-state index in [1.807, 2.05) is 25.3 Å². The number of amides is 1. The lowest BCUT2D eigenvalue weighted by Gasteiger charge is -2.15. The second kappa shape index (κ2) is 10.7. The summed E-state index contributed by atoms with van der Waals surface area (Å²) >= 11 is 9.75. The first-order valence-electron chi connectivity index (χ1n) is 11.3. The topological polar surface area (TPSA) is 69.3 Å². The number of halogens is 2. The first kappa shape index (κ1) is 25.1. The maximum Gasteiger partial charge on any atom is 0.292 e. The summed E-state index contributed by atoms with van der Waals surface area (Å²) in [6.07, 6.45) is 1.83. The highest BCUT2D eigenvalue weighted by Gasteiger charge is 2.17. The van der Waals surface area contributed by atoms with E-state index in [2.05, 4.69) is 71.4 Å². The highest BCUT2D eigenvalue weighted by Crippen LogP contribution is 2.32. The molecule has 1 N–H and O–H groups in total. The van der Waals surface area contributed by atoms with E-state index in [1.54, 1.807) is 16.8 Å². The second-order valence-corrected chi connectivity index (χ2v) is 10.1. The molecule has 0 radical (unpaired) electrons. The van der Waals surface area contributed by atoms with Crippen LogP contribution in [-0.4, -0.2) is 15.7 Å². The molecule has 0 saturated carbocycles. The van der Waals surface area contributed by atoms with Crippen molar-refractivity contribution in [3.63, 3.8) is 0 Å². The average molecular weight is 557 g/mol. The van der Waals surface area contributed by atoms with Gasteiger partial charge >= 0.3 is 0 Å². The Morgan fingerprint density at radius 3 is 2.63 bits per heavy atom. The Kier molecular flexibility index (Phi) is 7.67. The fraction of sp³-hybridized carbons (Fsp3) is 0.259. The van der Waals surface area contributed by atoms with Crippen molar-refractivity contribution in [2.75, 3.05) is 5.32 Å². The normalized spacial score (nSPS) is 11.2. The van der Waals surface area contributed by atoms with Crippen molar-refractivity contribution >= 4 is 39.3 Å². The van der Waals surface area contributed by atoms with Gasteiger partial charge in [0.25, 0.3) is 5.91 Å². The highest BCUT2D eigenvalue weighted by atomic mass is 79.9. The van der Waals surface area contributed by atoms with E-state index in [9.17, 15) is 4.79 Å². The van der Waals surface area contributed by atoms with Gasteiger partial charge in [-0.1, -0.05) is 55.3 Å². The van der Waals surface area contributed by atoms with Gasteiger partial charge in [0.2, 0.25) is 0 Å². The molecule has 6 nitrogen and oxygen atoms in total. The Bertz CT molecular complexity index is 1340. The highest BCUT2D eigenvalue weighted by molar-refractivity contribution is 9.10. The Morgan fingerprint density at radius 1 is 1.17 bits per heavy atom. The third-order valence-electron chi connectivity index (χ3n) is 5.58. The van der Waals surface area contributed by atoms with Gasteiger partial charge in [-0.25, -0.2) is 0 Å². The first-order valence-corrected chi connectivity index (χ1v) is 12.5. The molecule has 4 rings (SSSR count). The number of ether oxygens (including phenoxy) is 1. The molecular weight excluding hydrogens is 530 g/mol. The van der Waals surface area contributed by atoms with E-state index in [-0.39, 0.29) is 24.2 Å². The van der Waals surface area contributed by atoms with Gasteiger partial charge in [-0.3, -0.25) is 9.48 Å². The van der Waals surface area contributed by atoms with Crippen LogP contribution in [0.2, 0.25) is 5.02 Å². The molecule has 2 heterocycles. The minimum atomic E-state index is -0.386. The van der Waals surface area contributed by atoms with Gasteiger partial charge in [0.15, 0.2) is 11.6 Å². The summed E-state index contributed by atoms with van der Waals surface area (Å²) in [7, 11) is 0. The van der Waals surface area contributed by atoms with Crippen molar-refractivity contribution < 1.29 is 13.9 Å². The number of carbonyl (C=O) groups is 1. The maximum atomic E-state index is 12.8. The molecule has 0 saturated heterocycles. The minimum absolute atomic E-state index is 0.181. The Hall–Kier alpha value is -3.03. The van der Waals surface area contributed by atoms with E-state index in [0.717, 1.165) is 22.4 Å². The zero-order valence-electron chi connectivity index (χ0n) is 20.1. The number of anilines is 1. The van der Waals surface area contributed by atoms with Crippen LogP contribution >= 0.6 is 27.5 Å². The quantitative estimate of drug-likeness (QED) is 0.244. The van der Waals surface area contributed by atoms with Crippen LogP contribution in [0.15, 0.2) is 63.6 Å². The molecule has 0 fully saturated rings. The summed E-state index contributed by atoms with van der Waals surface area (Å²) in [5, 5.41) is 7.99. The summed E-state index contributed by atoms with van der Waals surface area (Å²) in [4.78, 5) is 12.8. The van der Waals surface area contributed by atoms with Crippen LogP contribution < -0.4 is 10.1 Å². The van der Waals surface area contributed by atoms with Crippen molar-refractivity contribution in [3.8, 4) is 5.75 Å². The minimum Gasteiger partial charge on any atom is -0.485 e. The lowest BCUT2D eigenvalue weighted by Crippen LogP contribution is -2.12. The van der Waals surface area contributed by atoms with Crippen molar-refractivity contribution in [3.05, 3.63) is 98.0 Å². The number of nitrogens with zero attached hydrogens (tertiary/aromatic N) is 2. The van der Waals surface area contributed by atoms with Crippen LogP contribution in [0.25, 0.3) is 0 Å². The third kappa shape index (κ3) is 6.16. The number of nitrogens with one attached hydrogen (secondary N) is 1. The van der Waals surface area contributed by atoms with Crippen LogP contribution in [0.1, 0.15) is 58.3 Å². The van der Waals surface area contributed by atoms with E-state index < -0.39 is 0 Å². The monoisotopic (exact) mass is 555 g/mol. The molecule has 2 aromatic carbocycles. The fourth-order valence-electron chi connectivity index (χ4n) is 3.59. The number of furan rings is 1. The summed E-state index contributed by atoms with van der Waals surface area (Å²) in [5.41, 5.74) is 4.29. The smallest absolute Gasteiger partial charge is 0.292 e. The standard InChI is InChI=1S/C27H27BrClN3O3/c1-16(2)21-12-23(29)18(4)11-25(21)34-15-20-9-10-24(35-20)27(33)30-26-22(28)14-32(31-26)13-19-7-5-17(3)6-8-19/h5-12,14,16H,13,15H2,1-4H3,(H,30,31,33). The molecule has 8 heteroatoms. The number of hydrogen-bond donors (Lipinski definition) is 1. The third-order valence-corrected chi connectivity index (χ3v) is 6.57. The number of aromatic nitrogens is 2. The number of hydrogen-bond acceptors (Lipinski definition) is 4. The average Bonchev–Trinajstić information content (AvgIpc) is 3.42. The summed E-state index contributed by atoms with van der Waals surface area (Å²) in [6, 6.07) is 15.5. The molecule has 1 amide bonds.